The number of imidazole rings is 1. The summed E-state index contributed by atoms with van der Waals surface area (Å²) >= 11 is 0. The van der Waals surface area contributed by atoms with Crippen LogP contribution in [0.25, 0.3) is 11.0 Å². The molecule has 0 fully saturated rings. The second-order valence-corrected chi connectivity index (χ2v) is 4.97. The first-order valence-electron chi connectivity index (χ1n) is 6.80. The Balaban J connectivity index is 1.80. The van der Waals surface area contributed by atoms with Gasteiger partial charge in [0.15, 0.2) is 0 Å². The lowest BCUT2D eigenvalue weighted by atomic mass is 10.1. The summed E-state index contributed by atoms with van der Waals surface area (Å²) in [5.41, 5.74) is 3.33. The van der Waals surface area contributed by atoms with Crippen LogP contribution in [0.2, 0.25) is 0 Å². The molecule has 0 bridgehead atoms. The molecule has 21 heavy (non-hydrogen) atoms. The van der Waals surface area contributed by atoms with E-state index in [9.17, 15) is 10.1 Å². The number of para-hydroxylation sites is 2. The zero-order valence-corrected chi connectivity index (χ0v) is 11.7. The molecule has 0 aliphatic heterocycles. The molecule has 0 saturated heterocycles. The lowest BCUT2D eigenvalue weighted by Gasteiger charge is -2.07. The van der Waals surface area contributed by atoms with Gasteiger partial charge >= 0.3 is 0 Å². The molecule has 0 radical (unpaired) electrons. The molecule has 0 unspecified atom stereocenters. The van der Waals surface area contributed by atoms with Crippen LogP contribution in [-0.2, 0) is 13.0 Å². The van der Waals surface area contributed by atoms with Crippen LogP contribution in [0.5, 0.6) is 0 Å². The molecule has 0 aliphatic rings. The standard InChI is InChI=1S/C16H15N3O2/c1-12-17-15-4-2-3-5-16(15)18(12)11-10-13-6-8-14(9-7-13)19(20)21/h2-9H,10-11H2,1H3. The summed E-state index contributed by atoms with van der Waals surface area (Å²) in [6.07, 6.45) is 0.819. The molecule has 0 spiro atoms. The quantitative estimate of drug-likeness (QED) is 0.543. The average molecular weight is 281 g/mol. The number of hydrogen-bond donors (Lipinski definition) is 0. The van der Waals surface area contributed by atoms with Gasteiger partial charge in [0.1, 0.15) is 5.82 Å². The van der Waals surface area contributed by atoms with Gasteiger partial charge in [-0.05, 0) is 31.0 Å². The van der Waals surface area contributed by atoms with Crippen LogP contribution in [-0.4, -0.2) is 14.5 Å². The van der Waals surface area contributed by atoms with Crippen molar-refractivity contribution >= 4 is 16.7 Å². The highest BCUT2D eigenvalue weighted by molar-refractivity contribution is 5.75. The molecular formula is C16H15N3O2. The van der Waals surface area contributed by atoms with Crippen molar-refractivity contribution in [3.63, 3.8) is 0 Å². The number of nitro benzene ring substituents is 1. The Morgan fingerprint density at radius 2 is 1.86 bits per heavy atom. The predicted molar refractivity (Wildman–Crippen MR) is 81.3 cm³/mol. The van der Waals surface area contributed by atoms with E-state index >= 15 is 0 Å². The van der Waals surface area contributed by atoms with Gasteiger partial charge in [0, 0.05) is 18.7 Å². The van der Waals surface area contributed by atoms with Gasteiger partial charge in [-0.25, -0.2) is 4.98 Å². The van der Waals surface area contributed by atoms with Crippen molar-refractivity contribution in [2.24, 2.45) is 0 Å². The fraction of sp³-hybridized carbons (Fsp3) is 0.188. The lowest BCUT2D eigenvalue weighted by molar-refractivity contribution is -0.384. The third-order valence-corrected chi connectivity index (χ3v) is 3.62. The van der Waals surface area contributed by atoms with E-state index in [-0.39, 0.29) is 10.6 Å². The first kappa shape index (κ1) is 13.3. The molecule has 3 aromatic rings. The maximum atomic E-state index is 10.6. The van der Waals surface area contributed by atoms with Crippen LogP contribution >= 0.6 is 0 Å². The molecule has 106 valence electrons. The van der Waals surface area contributed by atoms with Gasteiger partial charge in [0.2, 0.25) is 0 Å². The number of nitrogens with zero attached hydrogens (tertiary/aromatic N) is 3. The van der Waals surface area contributed by atoms with Gasteiger partial charge in [-0.3, -0.25) is 10.1 Å². The summed E-state index contributed by atoms with van der Waals surface area (Å²) in [7, 11) is 0. The largest absolute Gasteiger partial charge is 0.328 e. The highest BCUT2D eigenvalue weighted by Crippen LogP contribution is 2.17. The first-order valence-corrected chi connectivity index (χ1v) is 6.80. The van der Waals surface area contributed by atoms with E-state index in [0.717, 1.165) is 35.4 Å². The number of aryl methyl sites for hydroxylation is 3. The van der Waals surface area contributed by atoms with Crippen molar-refractivity contribution in [3.8, 4) is 0 Å². The van der Waals surface area contributed by atoms with Crippen LogP contribution in [0.4, 0.5) is 5.69 Å². The zero-order valence-electron chi connectivity index (χ0n) is 11.7. The normalized spacial score (nSPS) is 10.9. The summed E-state index contributed by atoms with van der Waals surface area (Å²) < 4.78 is 2.18. The van der Waals surface area contributed by atoms with Crippen molar-refractivity contribution in [1.29, 1.82) is 0 Å². The Morgan fingerprint density at radius 1 is 1.14 bits per heavy atom. The first-order chi connectivity index (χ1) is 10.1. The summed E-state index contributed by atoms with van der Waals surface area (Å²) in [6, 6.07) is 14.8. The Morgan fingerprint density at radius 3 is 2.57 bits per heavy atom. The fourth-order valence-electron chi connectivity index (χ4n) is 2.50. The van der Waals surface area contributed by atoms with E-state index < -0.39 is 0 Å². The Labute approximate surface area is 122 Å². The van der Waals surface area contributed by atoms with Gasteiger partial charge in [0.05, 0.1) is 16.0 Å². The summed E-state index contributed by atoms with van der Waals surface area (Å²) in [6.45, 7) is 2.81. The molecule has 0 saturated carbocycles. The lowest BCUT2D eigenvalue weighted by Crippen LogP contribution is -2.03. The van der Waals surface area contributed by atoms with E-state index in [1.165, 1.54) is 0 Å². The van der Waals surface area contributed by atoms with E-state index in [2.05, 4.69) is 15.6 Å². The molecule has 0 amide bonds. The van der Waals surface area contributed by atoms with Gasteiger partial charge in [-0.1, -0.05) is 24.3 Å². The molecule has 2 aromatic carbocycles. The van der Waals surface area contributed by atoms with E-state index in [4.69, 9.17) is 0 Å². The van der Waals surface area contributed by atoms with E-state index in [1.807, 2.05) is 37.3 Å². The molecule has 5 nitrogen and oxygen atoms in total. The molecule has 0 atom stereocenters. The summed E-state index contributed by atoms with van der Waals surface area (Å²) in [4.78, 5) is 14.8. The van der Waals surface area contributed by atoms with Crippen molar-refractivity contribution in [2.45, 2.75) is 19.9 Å². The smallest absolute Gasteiger partial charge is 0.269 e. The van der Waals surface area contributed by atoms with Crippen molar-refractivity contribution in [1.82, 2.24) is 9.55 Å². The van der Waals surface area contributed by atoms with Crippen LogP contribution in [0.3, 0.4) is 0 Å². The number of fused-ring (bicyclic) bond motifs is 1. The van der Waals surface area contributed by atoms with Crippen LogP contribution < -0.4 is 0 Å². The second kappa shape index (κ2) is 5.36. The predicted octanol–water partition coefficient (Wildman–Crippen LogP) is 3.50. The summed E-state index contributed by atoms with van der Waals surface area (Å²) in [5.74, 6) is 0.984. The molecule has 1 aromatic heterocycles. The maximum absolute atomic E-state index is 10.6. The number of hydrogen-bond acceptors (Lipinski definition) is 3. The topological polar surface area (TPSA) is 61.0 Å². The van der Waals surface area contributed by atoms with Gasteiger partial charge in [0.25, 0.3) is 5.69 Å². The van der Waals surface area contributed by atoms with Crippen molar-refractivity contribution < 1.29 is 4.92 Å². The van der Waals surface area contributed by atoms with Gasteiger partial charge in [-0.15, -0.1) is 0 Å². The minimum Gasteiger partial charge on any atom is -0.328 e. The Bertz CT molecular complexity index is 791. The molecule has 1 heterocycles. The van der Waals surface area contributed by atoms with Crippen LogP contribution in [0, 0.1) is 17.0 Å². The summed E-state index contributed by atoms with van der Waals surface area (Å²) in [5, 5.41) is 10.6. The van der Waals surface area contributed by atoms with E-state index in [0.29, 0.717) is 0 Å². The monoisotopic (exact) mass is 281 g/mol. The third kappa shape index (κ3) is 2.63. The number of rotatable bonds is 4. The van der Waals surface area contributed by atoms with Gasteiger partial charge in [-0.2, -0.15) is 0 Å². The van der Waals surface area contributed by atoms with Crippen LogP contribution in [0.15, 0.2) is 48.5 Å². The Hall–Kier alpha value is -2.69. The minimum absolute atomic E-state index is 0.128. The Kier molecular flexibility index (Phi) is 3.39. The number of aromatic nitrogens is 2. The minimum atomic E-state index is -0.378. The number of benzene rings is 2. The fourth-order valence-corrected chi connectivity index (χ4v) is 2.50. The van der Waals surface area contributed by atoms with Crippen molar-refractivity contribution in [3.05, 3.63) is 70.0 Å². The molecule has 5 heteroatoms. The van der Waals surface area contributed by atoms with Crippen molar-refractivity contribution in [2.75, 3.05) is 0 Å². The number of nitro groups is 1. The van der Waals surface area contributed by atoms with Gasteiger partial charge < -0.3 is 4.57 Å². The number of non-ortho nitro benzene ring substituents is 1. The highest BCUT2D eigenvalue weighted by Gasteiger charge is 2.07. The average Bonchev–Trinajstić information content (AvgIpc) is 2.81. The van der Waals surface area contributed by atoms with Crippen LogP contribution in [0.1, 0.15) is 11.4 Å². The highest BCUT2D eigenvalue weighted by atomic mass is 16.6. The maximum Gasteiger partial charge on any atom is 0.269 e. The second-order valence-electron chi connectivity index (χ2n) is 4.97. The molecule has 0 aliphatic carbocycles. The molecular weight excluding hydrogens is 266 g/mol. The zero-order chi connectivity index (χ0) is 14.8. The SMILES string of the molecule is Cc1nc2ccccc2n1CCc1ccc([N+](=O)[O-])cc1. The molecule has 0 N–H and O–H groups in total. The van der Waals surface area contributed by atoms with E-state index in [1.54, 1.807) is 12.1 Å². The molecule has 3 rings (SSSR count). The third-order valence-electron chi connectivity index (χ3n) is 3.62.